The molecule has 1 aromatic rings. The molecule has 0 heterocycles. The summed E-state index contributed by atoms with van der Waals surface area (Å²) in [5.41, 5.74) is 2.14. The molecular weight excluding hydrogens is 184 g/mol. The van der Waals surface area contributed by atoms with Crippen LogP contribution in [-0.4, -0.2) is 19.3 Å². The Kier molecular flexibility index (Phi) is 3.19. The standard InChI is InChI=1S/C9H9N2O3/c1-14-7-4-2-3-6(5-12)8(7)9(13)11-10/h2-4H,10H2,1H3,(H,11,13). The molecule has 3 N–H and O–H groups in total. The monoisotopic (exact) mass is 193 g/mol. The summed E-state index contributed by atoms with van der Waals surface area (Å²) >= 11 is 0. The average molecular weight is 193 g/mol. The highest BCUT2D eigenvalue weighted by molar-refractivity contribution is 6.03. The third-order valence-electron chi connectivity index (χ3n) is 1.71. The van der Waals surface area contributed by atoms with Gasteiger partial charge in [-0.25, -0.2) is 5.84 Å². The Hall–Kier alpha value is -1.88. The van der Waals surface area contributed by atoms with Crippen LogP contribution in [0.1, 0.15) is 15.9 Å². The highest BCUT2D eigenvalue weighted by Crippen LogP contribution is 2.20. The minimum atomic E-state index is -0.583. The first-order chi connectivity index (χ1) is 6.74. The number of hydrogen-bond acceptors (Lipinski definition) is 4. The fourth-order valence-electron chi connectivity index (χ4n) is 1.09. The largest absolute Gasteiger partial charge is 0.496 e. The van der Waals surface area contributed by atoms with Crippen LogP contribution in [0.4, 0.5) is 0 Å². The molecule has 0 aliphatic carbocycles. The minimum Gasteiger partial charge on any atom is -0.496 e. The molecule has 0 saturated carbocycles. The summed E-state index contributed by atoms with van der Waals surface area (Å²) in [5, 5.41) is 0. The van der Waals surface area contributed by atoms with Crippen molar-refractivity contribution in [2.45, 2.75) is 0 Å². The third-order valence-corrected chi connectivity index (χ3v) is 1.71. The van der Waals surface area contributed by atoms with Gasteiger partial charge in [-0.2, -0.15) is 0 Å². The number of benzene rings is 1. The van der Waals surface area contributed by atoms with Crippen LogP contribution in [0, 0.1) is 0 Å². The lowest BCUT2D eigenvalue weighted by atomic mass is 10.1. The fourth-order valence-corrected chi connectivity index (χ4v) is 1.09. The van der Waals surface area contributed by atoms with E-state index >= 15 is 0 Å². The summed E-state index contributed by atoms with van der Waals surface area (Å²) in [5.74, 6) is 4.67. The first-order valence-electron chi connectivity index (χ1n) is 3.80. The molecule has 73 valence electrons. The average Bonchev–Trinajstić information content (AvgIpc) is 2.26. The van der Waals surface area contributed by atoms with E-state index < -0.39 is 5.91 Å². The molecule has 0 unspecified atom stereocenters. The molecular formula is C9H9N2O3. The molecule has 1 rings (SSSR count). The molecule has 5 heteroatoms. The number of nitrogens with one attached hydrogen (secondary N) is 1. The lowest BCUT2D eigenvalue weighted by Crippen LogP contribution is -2.31. The Morgan fingerprint density at radius 3 is 2.79 bits per heavy atom. The summed E-state index contributed by atoms with van der Waals surface area (Å²) in [4.78, 5) is 21.8. The van der Waals surface area contributed by atoms with E-state index in [4.69, 9.17) is 10.6 Å². The van der Waals surface area contributed by atoms with Crippen LogP contribution in [0.15, 0.2) is 18.2 Å². The Morgan fingerprint density at radius 1 is 1.57 bits per heavy atom. The smallest absolute Gasteiger partial charge is 0.269 e. The maximum absolute atomic E-state index is 11.3. The lowest BCUT2D eigenvalue weighted by Gasteiger charge is -2.08. The van der Waals surface area contributed by atoms with Gasteiger partial charge in [-0.3, -0.25) is 15.0 Å². The van der Waals surface area contributed by atoms with Gasteiger partial charge in [0.2, 0.25) is 6.29 Å². The van der Waals surface area contributed by atoms with Crippen LogP contribution in [0.25, 0.3) is 0 Å². The van der Waals surface area contributed by atoms with Crippen molar-refractivity contribution in [1.82, 2.24) is 5.43 Å². The van der Waals surface area contributed by atoms with E-state index in [0.717, 1.165) is 0 Å². The number of rotatable bonds is 3. The highest BCUT2D eigenvalue weighted by atomic mass is 16.5. The Labute approximate surface area is 80.8 Å². The molecule has 1 radical (unpaired) electrons. The van der Waals surface area contributed by atoms with Gasteiger partial charge < -0.3 is 4.74 Å². The van der Waals surface area contributed by atoms with Crippen molar-refractivity contribution in [3.63, 3.8) is 0 Å². The number of hydrogen-bond donors (Lipinski definition) is 2. The number of methoxy groups -OCH3 is 1. The van der Waals surface area contributed by atoms with E-state index in [1.165, 1.54) is 13.2 Å². The van der Waals surface area contributed by atoms with Gasteiger partial charge in [-0.05, 0) is 12.1 Å². The van der Waals surface area contributed by atoms with Gasteiger partial charge in [-0.1, -0.05) is 6.07 Å². The van der Waals surface area contributed by atoms with Crippen molar-refractivity contribution < 1.29 is 14.3 Å². The zero-order valence-electron chi connectivity index (χ0n) is 7.53. The Morgan fingerprint density at radius 2 is 2.29 bits per heavy atom. The normalized spacial score (nSPS) is 9.29. The molecule has 0 aliphatic rings. The summed E-state index contributed by atoms with van der Waals surface area (Å²) in [6, 6.07) is 4.61. The second-order valence-electron chi connectivity index (χ2n) is 2.46. The van der Waals surface area contributed by atoms with Crippen LogP contribution in [0.5, 0.6) is 5.75 Å². The fraction of sp³-hybridized carbons (Fsp3) is 0.111. The van der Waals surface area contributed by atoms with Gasteiger partial charge in [0.05, 0.1) is 12.7 Å². The van der Waals surface area contributed by atoms with Gasteiger partial charge >= 0.3 is 0 Å². The van der Waals surface area contributed by atoms with Crippen molar-refractivity contribution in [1.29, 1.82) is 0 Å². The zero-order valence-corrected chi connectivity index (χ0v) is 7.53. The predicted octanol–water partition coefficient (Wildman–Crippen LogP) is -0.243. The topological polar surface area (TPSA) is 81.4 Å². The van der Waals surface area contributed by atoms with Crippen molar-refractivity contribution in [2.24, 2.45) is 5.84 Å². The highest BCUT2D eigenvalue weighted by Gasteiger charge is 2.15. The number of carbonyl (C=O) groups excluding carboxylic acids is 2. The third kappa shape index (κ3) is 1.72. The van der Waals surface area contributed by atoms with E-state index in [2.05, 4.69) is 0 Å². The zero-order chi connectivity index (χ0) is 10.6. The minimum absolute atomic E-state index is 0.0903. The summed E-state index contributed by atoms with van der Waals surface area (Å²) < 4.78 is 4.92. The molecule has 0 aromatic heterocycles. The molecule has 1 amide bonds. The van der Waals surface area contributed by atoms with Crippen LogP contribution in [0.3, 0.4) is 0 Å². The van der Waals surface area contributed by atoms with Gasteiger partial charge in [0, 0.05) is 5.56 Å². The van der Waals surface area contributed by atoms with Crippen molar-refractivity contribution >= 4 is 12.2 Å². The van der Waals surface area contributed by atoms with Gasteiger partial charge in [0.25, 0.3) is 5.91 Å². The first kappa shape index (κ1) is 10.2. The molecule has 0 atom stereocenters. The molecule has 0 fully saturated rings. The molecule has 14 heavy (non-hydrogen) atoms. The number of hydrazine groups is 1. The van der Waals surface area contributed by atoms with Crippen LogP contribution >= 0.6 is 0 Å². The maximum atomic E-state index is 11.3. The van der Waals surface area contributed by atoms with Crippen LogP contribution < -0.4 is 16.0 Å². The SMILES string of the molecule is COc1cccc([C]=O)c1C(=O)NN. The summed E-state index contributed by atoms with van der Waals surface area (Å²) in [7, 11) is 1.40. The van der Waals surface area contributed by atoms with Crippen molar-refractivity contribution in [3.05, 3.63) is 29.3 Å². The number of nitrogens with two attached hydrogens (primary N) is 1. The Bertz CT molecular complexity index is 363. The lowest BCUT2D eigenvalue weighted by molar-refractivity contribution is 0.0950. The van der Waals surface area contributed by atoms with E-state index in [1.54, 1.807) is 18.4 Å². The van der Waals surface area contributed by atoms with Crippen molar-refractivity contribution in [2.75, 3.05) is 7.11 Å². The second-order valence-corrected chi connectivity index (χ2v) is 2.46. The predicted molar refractivity (Wildman–Crippen MR) is 49.4 cm³/mol. The second kappa shape index (κ2) is 4.38. The Balaban J connectivity index is 3.32. The molecule has 0 bridgehead atoms. The molecule has 0 saturated heterocycles. The molecule has 0 spiro atoms. The first-order valence-corrected chi connectivity index (χ1v) is 3.80. The molecule has 1 aromatic carbocycles. The summed E-state index contributed by atoms with van der Waals surface area (Å²) in [6.07, 6.45) is 1.64. The van der Waals surface area contributed by atoms with E-state index in [1.807, 2.05) is 5.43 Å². The van der Waals surface area contributed by atoms with E-state index in [0.29, 0.717) is 0 Å². The van der Waals surface area contributed by atoms with E-state index in [9.17, 15) is 9.59 Å². The number of amides is 1. The quantitative estimate of drug-likeness (QED) is 0.394. The van der Waals surface area contributed by atoms with Crippen LogP contribution in [-0.2, 0) is 4.79 Å². The number of carbonyl (C=O) groups is 1. The van der Waals surface area contributed by atoms with Gasteiger partial charge in [0.1, 0.15) is 5.75 Å². The van der Waals surface area contributed by atoms with Crippen molar-refractivity contribution in [3.8, 4) is 5.75 Å². The maximum Gasteiger partial charge on any atom is 0.269 e. The van der Waals surface area contributed by atoms with Gasteiger partial charge in [0.15, 0.2) is 0 Å². The van der Waals surface area contributed by atoms with E-state index in [-0.39, 0.29) is 16.9 Å². The van der Waals surface area contributed by atoms with Gasteiger partial charge in [-0.15, -0.1) is 0 Å². The number of nitrogen functional groups attached to an aromatic ring is 1. The molecule has 0 aliphatic heterocycles. The number of ether oxygens (including phenoxy) is 1. The van der Waals surface area contributed by atoms with Crippen LogP contribution in [0.2, 0.25) is 0 Å². The molecule has 5 nitrogen and oxygen atoms in total. The summed E-state index contributed by atoms with van der Waals surface area (Å²) in [6.45, 7) is 0.